The summed E-state index contributed by atoms with van der Waals surface area (Å²) in [6.45, 7) is 3.35. The van der Waals surface area contributed by atoms with E-state index in [2.05, 4.69) is 0 Å². The van der Waals surface area contributed by atoms with Gasteiger partial charge in [0.2, 0.25) is 5.91 Å². The minimum atomic E-state index is -3.42. The van der Waals surface area contributed by atoms with Crippen molar-refractivity contribution in [2.24, 2.45) is 0 Å². The van der Waals surface area contributed by atoms with Crippen LogP contribution >= 0.6 is 11.6 Å². The van der Waals surface area contributed by atoms with Crippen LogP contribution in [0.1, 0.15) is 33.1 Å². The summed E-state index contributed by atoms with van der Waals surface area (Å²) in [5.41, 5.74) is 0. The van der Waals surface area contributed by atoms with Crippen molar-refractivity contribution in [2.75, 3.05) is 18.7 Å². The average Bonchev–Trinajstić information content (AvgIpc) is 2.11. The van der Waals surface area contributed by atoms with Gasteiger partial charge in [-0.05, 0) is 33.1 Å². The molecule has 0 unspecified atom stereocenters. The summed E-state index contributed by atoms with van der Waals surface area (Å²) in [5, 5.41) is 0. The normalized spacial score (nSPS) is 17.6. The van der Waals surface area contributed by atoms with Crippen molar-refractivity contribution in [2.45, 2.75) is 43.9 Å². The van der Waals surface area contributed by atoms with Crippen LogP contribution in [0.2, 0.25) is 0 Å². The van der Waals surface area contributed by atoms with Crippen molar-refractivity contribution < 1.29 is 13.2 Å². The minimum Gasteiger partial charge on any atom is -0.337 e. The molecule has 0 bridgehead atoms. The predicted molar refractivity (Wildman–Crippen MR) is 69.0 cm³/mol. The quantitative estimate of drug-likeness (QED) is 0.717. The molecule has 0 N–H and O–H groups in total. The third kappa shape index (κ3) is 2.94. The molecule has 0 radical (unpaired) electrons. The van der Waals surface area contributed by atoms with E-state index in [9.17, 15) is 13.2 Å². The second-order valence-electron chi connectivity index (χ2n) is 5.05. The van der Waals surface area contributed by atoms with Gasteiger partial charge in [-0.15, -0.1) is 11.6 Å². The van der Waals surface area contributed by atoms with Gasteiger partial charge in [-0.3, -0.25) is 4.79 Å². The Kier molecular flexibility index (Phi) is 4.47. The lowest BCUT2D eigenvalue weighted by molar-refractivity contribution is -0.136. The summed E-state index contributed by atoms with van der Waals surface area (Å²) in [6.07, 6.45) is 4.09. The zero-order chi connectivity index (χ0) is 13.3. The zero-order valence-electron chi connectivity index (χ0n) is 10.6. The maximum atomic E-state index is 12.3. The molecule has 0 aliphatic heterocycles. The van der Waals surface area contributed by atoms with Gasteiger partial charge < -0.3 is 4.90 Å². The Bertz CT molecular complexity index is 388. The van der Waals surface area contributed by atoms with Gasteiger partial charge in [0.1, 0.15) is 4.75 Å². The molecule has 0 saturated heterocycles. The van der Waals surface area contributed by atoms with Crippen LogP contribution in [0.4, 0.5) is 0 Å². The van der Waals surface area contributed by atoms with E-state index in [4.69, 9.17) is 11.6 Å². The Balaban J connectivity index is 2.91. The van der Waals surface area contributed by atoms with Crippen LogP contribution in [0, 0.1) is 0 Å². The summed E-state index contributed by atoms with van der Waals surface area (Å²) >= 11 is 5.69. The molecule has 0 spiro atoms. The van der Waals surface area contributed by atoms with E-state index in [1.54, 1.807) is 4.90 Å². The molecule has 17 heavy (non-hydrogen) atoms. The molecule has 6 heteroatoms. The molecular weight excluding hydrogens is 262 g/mol. The van der Waals surface area contributed by atoms with E-state index >= 15 is 0 Å². The first-order valence-electron chi connectivity index (χ1n) is 5.78. The molecule has 0 heterocycles. The standard InChI is InChI=1S/C11H20ClNO3S/c1-11(2,17(3,15)16)10(14)13(8-7-12)9-5-4-6-9/h9H,4-8H2,1-3H3. The highest BCUT2D eigenvalue weighted by Gasteiger charge is 2.43. The molecule has 1 rings (SSSR count). The molecule has 0 atom stereocenters. The highest BCUT2D eigenvalue weighted by molar-refractivity contribution is 7.92. The van der Waals surface area contributed by atoms with E-state index in [1.165, 1.54) is 13.8 Å². The van der Waals surface area contributed by atoms with Crippen molar-refractivity contribution in [1.82, 2.24) is 4.90 Å². The van der Waals surface area contributed by atoms with Gasteiger partial charge in [0.05, 0.1) is 0 Å². The van der Waals surface area contributed by atoms with Crippen LogP contribution in [0.15, 0.2) is 0 Å². The maximum Gasteiger partial charge on any atom is 0.243 e. The van der Waals surface area contributed by atoms with Crippen LogP contribution in [0.25, 0.3) is 0 Å². The molecule has 0 aromatic carbocycles. The first-order valence-corrected chi connectivity index (χ1v) is 8.21. The molecular formula is C11H20ClNO3S. The van der Waals surface area contributed by atoms with Gasteiger partial charge in [-0.25, -0.2) is 8.42 Å². The van der Waals surface area contributed by atoms with E-state index in [0.717, 1.165) is 25.5 Å². The minimum absolute atomic E-state index is 0.169. The molecule has 0 aromatic heterocycles. The van der Waals surface area contributed by atoms with Crippen molar-refractivity contribution >= 4 is 27.3 Å². The topological polar surface area (TPSA) is 54.5 Å². The van der Waals surface area contributed by atoms with Gasteiger partial charge in [-0.2, -0.15) is 0 Å². The molecule has 4 nitrogen and oxygen atoms in total. The summed E-state index contributed by atoms with van der Waals surface area (Å²) in [5.74, 6) is 0.00702. The number of hydrogen-bond donors (Lipinski definition) is 0. The number of carbonyl (C=O) groups is 1. The third-order valence-corrected chi connectivity index (χ3v) is 5.74. The fourth-order valence-electron chi connectivity index (χ4n) is 1.74. The fourth-order valence-corrected chi connectivity index (χ4v) is 2.36. The lowest BCUT2D eigenvalue weighted by Gasteiger charge is -2.40. The van der Waals surface area contributed by atoms with Crippen molar-refractivity contribution in [3.63, 3.8) is 0 Å². The highest BCUT2D eigenvalue weighted by atomic mass is 35.5. The Hall–Kier alpha value is -0.290. The molecule has 1 aliphatic carbocycles. The Morgan fingerprint density at radius 3 is 2.24 bits per heavy atom. The number of sulfone groups is 1. The summed E-state index contributed by atoms with van der Waals surface area (Å²) < 4.78 is 21.9. The van der Waals surface area contributed by atoms with Gasteiger partial charge in [0.15, 0.2) is 9.84 Å². The summed E-state index contributed by atoms with van der Waals surface area (Å²) in [7, 11) is -3.42. The maximum absolute atomic E-state index is 12.3. The van der Waals surface area contributed by atoms with Gasteiger partial charge in [0, 0.05) is 24.7 Å². The number of halogens is 1. The summed E-state index contributed by atoms with van der Waals surface area (Å²) in [6, 6.07) is 0.169. The van der Waals surface area contributed by atoms with Crippen LogP contribution in [-0.2, 0) is 14.6 Å². The van der Waals surface area contributed by atoms with Gasteiger partial charge in [0.25, 0.3) is 0 Å². The zero-order valence-corrected chi connectivity index (χ0v) is 12.1. The number of rotatable bonds is 5. The van der Waals surface area contributed by atoms with Crippen molar-refractivity contribution in [3.8, 4) is 0 Å². The second-order valence-corrected chi connectivity index (χ2v) is 8.00. The van der Waals surface area contributed by atoms with Crippen LogP contribution < -0.4 is 0 Å². The Labute approximate surface area is 108 Å². The van der Waals surface area contributed by atoms with Crippen LogP contribution in [0.3, 0.4) is 0 Å². The SMILES string of the molecule is CC(C)(C(=O)N(CCCl)C1CCC1)S(C)(=O)=O. The molecule has 1 saturated carbocycles. The molecule has 0 aromatic rings. The lowest BCUT2D eigenvalue weighted by Crippen LogP contribution is -2.55. The largest absolute Gasteiger partial charge is 0.337 e. The fraction of sp³-hybridized carbons (Fsp3) is 0.909. The number of hydrogen-bond acceptors (Lipinski definition) is 3. The summed E-state index contributed by atoms with van der Waals surface area (Å²) in [4.78, 5) is 14.0. The van der Waals surface area contributed by atoms with Gasteiger partial charge >= 0.3 is 0 Å². The third-order valence-electron chi connectivity index (χ3n) is 3.54. The number of alkyl halides is 1. The van der Waals surface area contributed by atoms with E-state index in [0.29, 0.717) is 12.4 Å². The van der Waals surface area contributed by atoms with E-state index < -0.39 is 14.6 Å². The van der Waals surface area contributed by atoms with E-state index in [1.807, 2.05) is 0 Å². The van der Waals surface area contributed by atoms with Gasteiger partial charge in [-0.1, -0.05) is 0 Å². The number of carbonyl (C=O) groups excluding carboxylic acids is 1. The lowest BCUT2D eigenvalue weighted by atomic mass is 9.90. The smallest absolute Gasteiger partial charge is 0.243 e. The van der Waals surface area contributed by atoms with Crippen molar-refractivity contribution in [1.29, 1.82) is 0 Å². The number of nitrogens with zero attached hydrogens (tertiary/aromatic N) is 1. The molecule has 1 fully saturated rings. The Morgan fingerprint density at radius 2 is 1.94 bits per heavy atom. The molecule has 1 aliphatic rings. The first-order chi connectivity index (χ1) is 7.71. The monoisotopic (exact) mass is 281 g/mol. The average molecular weight is 282 g/mol. The number of amides is 1. The first kappa shape index (κ1) is 14.8. The predicted octanol–water partition coefficient (Wildman–Crippen LogP) is 1.43. The van der Waals surface area contributed by atoms with Crippen LogP contribution in [-0.4, -0.2) is 48.7 Å². The van der Waals surface area contributed by atoms with Crippen molar-refractivity contribution in [3.05, 3.63) is 0 Å². The highest BCUT2D eigenvalue weighted by Crippen LogP contribution is 2.28. The molecule has 100 valence electrons. The molecule has 1 amide bonds. The Morgan fingerprint density at radius 1 is 1.41 bits per heavy atom. The second kappa shape index (κ2) is 5.14. The van der Waals surface area contributed by atoms with E-state index in [-0.39, 0.29) is 11.9 Å². The van der Waals surface area contributed by atoms with Crippen LogP contribution in [0.5, 0.6) is 0 Å².